The van der Waals surface area contributed by atoms with Crippen molar-refractivity contribution in [1.29, 1.82) is 0 Å². The predicted octanol–water partition coefficient (Wildman–Crippen LogP) is 1.35. The van der Waals surface area contributed by atoms with Gasteiger partial charge in [0.05, 0.1) is 0 Å². The zero-order chi connectivity index (χ0) is 12.3. The minimum absolute atomic E-state index is 0.112. The maximum atomic E-state index is 11.8. The first-order valence-corrected chi connectivity index (χ1v) is 5.89. The monoisotopic (exact) mass is 252 g/mol. The second-order valence-electron chi connectivity index (χ2n) is 3.97. The molecule has 2 N–H and O–H groups in total. The van der Waals surface area contributed by atoms with E-state index in [1.807, 2.05) is 0 Å². The first-order valence-electron chi connectivity index (χ1n) is 5.51. The van der Waals surface area contributed by atoms with E-state index >= 15 is 0 Å². The number of amides is 2. The highest BCUT2D eigenvalue weighted by atomic mass is 35.5. The molecule has 90 valence electrons. The Bertz CT molecular complexity index is 431. The Labute approximate surface area is 104 Å². The van der Waals surface area contributed by atoms with Crippen molar-refractivity contribution in [1.82, 2.24) is 10.6 Å². The van der Waals surface area contributed by atoms with Gasteiger partial charge in [0.1, 0.15) is 6.04 Å². The van der Waals surface area contributed by atoms with Crippen molar-refractivity contribution >= 4 is 23.4 Å². The van der Waals surface area contributed by atoms with Gasteiger partial charge in [-0.15, -0.1) is 0 Å². The van der Waals surface area contributed by atoms with Crippen LogP contribution in [0.1, 0.15) is 23.2 Å². The van der Waals surface area contributed by atoms with Crippen molar-refractivity contribution in [2.24, 2.45) is 0 Å². The zero-order valence-corrected chi connectivity index (χ0v) is 9.96. The van der Waals surface area contributed by atoms with Crippen LogP contribution in [0.15, 0.2) is 24.3 Å². The number of nitrogens with one attached hydrogen (secondary N) is 2. The van der Waals surface area contributed by atoms with Gasteiger partial charge in [0.2, 0.25) is 5.91 Å². The Kier molecular flexibility index (Phi) is 3.64. The number of piperidine rings is 1. The molecule has 4 nitrogen and oxygen atoms in total. The molecule has 1 aromatic carbocycles. The van der Waals surface area contributed by atoms with Crippen molar-refractivity contribution in [3.63, 3.8) is 0 Å². The van der Waals surface area contributed by atoms with Gasteiger partial charge in [0, 0.05) is 17.1 Å². The van der Waals surface area contributed by atoms with Gasteiger partial charge in [-0.05, 0) is 37.1 Å². The van der Waals surface area contributed by atoms with Crippen LogP contribution in [0.2, 0.25) is 5.02 Å². The number of benzene rings is 1. The molecular weight excluding hydrogens is 240 g/mol. The van der Waals surface area contributed by atoms with Crippen molar-refractivity contribution in [3.8, 4) is 0 Å². The zero-order valence-electron chi connectivity index (χ0n) is 9.20. The summed E-state index contributed by atoms with van der Waals surface area (Å²) in [5.74, 6) is -0.359. The van der Waals surface area contributed by atoms with Crippen LogP contribution in [0.4, 0.5) is 0 Å². The molecule has 1 heterocycles. The minimum atomic E-state index is -0.424. The highest BCUT2D eigenvalue weighted by Gasteiger charge is 2.23. The molecule has 1 fully saturated rings. The lowest BCUT2D eigenvalue weighted by atomic mass is 10.1. The van der Waals surface area contributed by atoms with Crippen molar-refractivity contribution in [3.05, 3.63) is 34.9 Å². The van der Waals surface area contributed by atoms with Crippen LogP contribution in [0.3, 0.4) is 0 Å². The lowest BCUT2D eigenvalue weighted by Crippen LogP contribution is -2.50. The summed E-state index contributed by atoms with van der Waals surface area (Å²) in [7, 11) is 0. The fourth-order valence-electron chi connectivity index (χ4n) is 1.75. The third-order valence-electron chi connectivity index (χ3n) is 2.70. The van der Waals surface area contributed by atoms with Crippen LogP contribution in [0, 0.1) is 0 Å². The third kappa shape index (κ3) is 2.97. The molecule has 0 aliphatic carbocycles. The standard InChI is InChI=1S/C12H13ClN2O2/c13-9-5-3-8(4-6-9)11(16)15-10-2-1-7-14-12(10)17/h3-6,10H,1-2,7H2,(H,14,17)(H,15,16). The smallest absolute Gasteiger partial charge is 0.251 e. The van der Waals surface area contributed by atoms with Gasteiger partial charge in [-0.1, -0.05) is 11.6 Å². The van der Waals surface area contributed by atoms with E-state index in [1.54, 1.807) is 24.3 Å². The highest BCUT2D eigenvalue weighted by Crippen LogP contribution is 2.10. The summed E-state index contributed by atoms with van der Waals surface area (Å²) in [5, 5.41) is 6.01. The Morgan fingerprint density at radius 2 is 2.06 bits per heavy atom. The lowest BCUT2D eigenvalue weighted by Gasteiger charge is -2.22. The second-order valence-corrected chi connectivity index (χ2v) is 4.40. The van der Waals surface area contributed by atoms with Crippen LogP contribution < -0.4 is 10.6 Å². The fraction of sp³-hybridized carbons (Fsp3) is 0.333. The molecule has 1 unspecified atom stereocenters. The molecule has 1 saturated heterocycles. The molecule has 0 saturated carbocycles. The molecule has 17 heavy (non-hydrogen) atoms. The van der Waals surface area contributed by atoms with Crippen LogP contribution >= 0.6 is 11.6 Å². The van der Waals surface area contributed by atoms with Crippen molar-refractivity contribution in [2.75, 3.05) is 6.54 Å². The summed E-state index contributed by atoms with van der Waals surface area (Å²) in [5.41, 5.74) is 0.507. The van der Waals surface area contributed by atoms with Crippen molar-refractivity contribution < 1.29 is 9.59 Å². The summed E-state index contributed by atoms with van der Waals surface area (Å²) in [6.07, 6.45) is 1.57. The average Bonchev–Trinajstić information content (AvgIpc) is 2.33. The first-order chi connectivity index (χ1) is 8.16. The molecule has 1 aromatic rings. The first kappa shape index (κ1) is 11.9. The Morgan fingerprint density at radius 1 is 1.35 bits per heavy atom. The van der Waals surface area contributed by atoms with E-state index in [0.717, 1.165) is 6.42 Å². The van der Waals surface area contributed by atoms with Gasteiger partial charge in [-0.2, -0.15) is 0 Å². The van der Waals surface area contributed by atoms with E-state index in [9.17, 15) is 9.59 Å². The molecule has 0 aromatic heterocycles. The SMILES string of the molecule is O=C(NC1CCCNC1=O)c1ccc(Cl)cc1. The number of carbonyl (C=O) groups excluding carboxylic acids is 2. The van der Waals surface area contributed by atoms with Gasteiger partial charge >= 0.3 is 0 Å². The van der Waals surface area contributed by atoms with Gasteiger partial charge < -0.3 is 10.6 Å². The minimum Gasteiger partial charge on any atom is -0.354 e. The molecule has 0 bridgehead atoms. The molecule has 0 spiro atoms. The number of hydrogen-bond donors (Lipinski definition) is 2. The van der Waals surface area contributed by atoms with Gasteiger partial charge in [-0.25, -0.2) is 0 Å². The number of carbonyl (C=O) groups is 2. The number of halogens is 1. The largest absolute Gasteiger partial charge is 0.354 e. The van der Waals surface area contributed by atoms with Gasteiger partial charge in [0.25, 0.3) is 5.91 Å². The van der Waals surface area contributed by atoms with E-state index in [-0.39, 0.29) is 11.8 Å². The van der Waals surface area contributed by atoms with E-state index < -0.39 is 6.04 Å². The number of rotatable bonds is 2. The van der Waals surface area contributed by atoms with E-state index in [2.05, 4.69) is 10.6 Å². The van der Waals surface area contributed by atoms with Crippen molar-refractivity contribution in [2.45, 2.75) is 18.9 Å². The molecule has 1 aliphatic heterocycles. The number of hydrogen-bond acceptors (Lipinski definition) is 2. The third-order valence-corrected chi connectivity index (χ3v) is 2.95. The van der Waals surface area contributed by atoms with Gasteiger partial charge in [0.15, 0.2) is 0 Å². The van der Waals surface area contributed by atoms with Gasteiger partial charge in [-0.3, -0.25) is 9.59 Å². The summed E-state index contributed by atoms with van der Waals surface area (Å²) >= 11 is 5.74. The normalized spacial score (nSPS) is 19.6. The van der Waals surface area contributed by atoms with Crippen LogP contribution in [0.5, 0.6) is 0 Å². The molecule has 1 aliphatic rings. The molecule has 0 radical (unpaired) electrons. The maximum Gasteiger partial charge on any atom is 0.251 e. The quantitative estimate of drug-likeness (QED) is 0.835. The van der Waals surface area contributed by atoms with E-state index in [0.29, 0.717) is 23.6 Å². The molecule has 2 rings (SSSR count). The Morgan fingerprint density at radius 3 is 2.71 bits per heavy atom. The maximum absolute atomic E-state index is 11.8. The summed E-state index contributed by atoms with van der Waals surface area (Å²) in [6.45, 7) is 0.687. The lowest BCUT2D eigenvalue weighted by molar-refractivity contribution is -0.124. The van der Waals surface area contributed by atoms with Crippen LogP contribution in [0.25, 0.3) is 0 Å². The molecule has 2 amide bonds. The topological polar surface area (TPSA) is 58.2 Å². The predicted molar refractivity (Wildman–Crippen MR) is 64.9 cm³/mol. The summed E-state index contributed by atoms with van der Waals surface area (Å²) in [6, 6.07) is 6.15. The van der Waals surface area contributed by atoms with Crippen LogP contribution in [-0.2, 0) is 4.79 Å². The Balaban J connectivity index is 2.01. The summed E-state index contributed by atoms with van der Waals surface area (Å²) in [4.78, 5) is 23.3. The van der Waals surface area contributed by atoms with E-state index in [4.69, 9.17) is 11.6 Å². The highest BCUT2D eigenvalue weighted by molar-refractivity contribution is 6.30. The Hall–Kier alpha value is -1.55. The molecule has 1 atom stereocenters. The van der Waals surface area contributed by atoms with Crippen LogP contribution in [-0.4, -0.2) is 24.4 Å². The molecular formula is C12H13ClN2O2. The second kappa shape index (κ2) is 5.19. The fourth-order valence-corrected chi connectivity index (χ4v) is 1.88. The molecule has 5 heteroatoms. The van der Waals surface area contributed by atoms with E-state index in [1.165, 1.54) is 0 Å². The average molecular weight is 253 g/mol. The summed E-state index contributed by atoms with van der Waals surface area (Å²) < 4.78 is 0.